The minimum absolute atomic E-state index is 0.00967. The topological polar surface area (TPSA) is 291 Å². The van der Waals surface area contributed by atoms with Crippen LogP contribution in [0.2, 0.25) is 0 Å². The van der Waals surface area contributed by atoms with Crippen LogP contribution in [0, 0.1) is 35.0 Å². The lowest BCUT2D eigenvalue weighted by atomic mass is 9.58. The number of amides is 11. The Labute approximate surface area is 640 Å². The Kier molecular flexibility index (Phi) is 32.1. The van der Waals surface area contributed by atoms with Crippen LogP contribution < -0.4 is 21.3 Å². The third-order valence-corrected chi connectivity index (χ3v) is 25.9. The number of aliphatic hydroxyl groups excluding tert-OH is 1. The van der Waals surface area contributed by atoms with Gasteiger partial charge in [-0.3, -0.25) is 57.6 Å². The van der Waals surface area contributed by atoms with Crippen molar-refractivity contribution in [2.24, 2.45) is 35.0 Å². The van der Waals surface area contributed by atoms with Crippen LogP contribution >= 0.6 is 23.2 Å². The van der Waals surface area contributed by atoms with Crippen molar-refractivity contribution in [1.82, 2.24) is 60.5 Å². The number of rotatable bonds is 9. The van der Waals surface area contributed by atoms with E-state index < -0.39 is 145 Å². The normalized spacial score (nSPS) is 33.5. The van der Waals surface area contributed by atoms with Gasteiger partial charge in [0.25, 0.3) is 0 Å². The molecule has 6 aliphatic heterocycles. The maximum Gasteiger partial charge on any atom is 0.248 e. The highest BCUT2D eigenvalue weighted by atomic mass is 35.5. The summed E-state index contributed by atoms with van der Waals surface area (Å²) in [6, 6.07) is -7.70. The van der Waals surface area contributed by atoms with E-state index >= 15 is 28.8 Å². The standard InChI is InChI=1S/C79H128Cl2N12O13/c1-12-51(3)68-75(103)87(7)48-67(97)89(9)61-29-19-15-24-42-93(74(61)102)63-44-54-32-30-52(31-33-54)25-17-14-18-28-60(71(99)84-68)88(8)66(96)45-62(73(101)92-40-22-16-23-41-92)90(10)76(104)69(55-26-20-21-27-55)91(11)77(105)79(49-78(4,5)50-79)85-64(94)39-36-56(106-13-2)46-82-70(98)59(83-65(95)47-86(6)72(63)100)38-35-53-34-37-57(80)58(81)43-53/h15,17,19,25,51-63,68-69,76,104H,12-14,16,18,20-24,26-50H2,1-11H3,(H,82,98)(H,83,95)(H,84,99)(H,85,94)/b19-15-,25-17+/t51-,52?,53?,54?,56+,57?,58?,59-,60-,61-,62-,63-,68-,69-,76?/m0/s1. The maximum absolute atomic E-state index is 15.6. The second kappa shape index (κ2) is 39.7. The van der Waals surface area contributed by atoms with Gasteiger partial charge in [-0.2, -0.15) is 0 Å². The molecule has 4 saturated carbocycles. The van der Waals surface area contributed by atoms with Crippen LogP contribution in [0.25, 0.3) is 0 Å². The first-order valence-electron chi connectivity index (χ1n) is 40.0. The molecule has 10 aliphatic rings. The second-order valence-electron chi connectivity index (χ2n) is 33.3. The number of carbonyl (C=O) groups is 11. The first kappa shape index (κ1) is 85.7. The van der Waals surface area contributed by atoms with E-state index in [4.69, 9.17) is 27.9 Å². The molecular formula is C79H128Cl2N12O13. The molecule has 6 bridgehead atoms. The van der Waals surface area contributed by atoms with Gasteiger partial charge in [0.05, 0.1) is 43.1 Å². The molecule has 4 aliphatic carbocycles. The third kappa shape index (κ3) is 22.4. The number of halogens is 2. The van der Waals surface area contributed by atoms with E-state index in [1.807, 2.05) is 46.8 Å². The molecule has 4 unspecified atom stereocenters. The number of nitrogens with one attached hydrogen (secondary N) is 4. The zero-order valence-electron chi connectivity index (χ0n) is 65.5. The molecule has 6 heterocycles. The molecule has 5 fully saturated rings. The van der Waals surface area contributed by atoms with Crippen LogP contribution in [0.15, 0.2) is 24.3 Å². The van der Waals surface area contributed by atoms with Gasteiger partial charge in [-0.05, 0) is 197 Å². The third-order valence-electron chi connectivity index (χ3n) is 24.8. The summed E-state index contributed by atoms with van der Waals surface area (Å²) >= 11 is 13.3. The van der Waals surface area contributed by atoms with Gasteiger partial charge in [-0.25, -0.2) is 0 Å². The number of nitrogens with zero attached hydrogens (tertiary/aromatic N) is 8. The number of carbonyl (C=O) groups excluding carboxylic acids is 11. The van der Waals surface area contributed by atoms with Crippen LogP contribution in [0.5, 0.6) is 0 Å². The number of fused-ring (bicyclic) bond motifs is 28. The molecule has 596 valence electrons. The number of ether oxygens (including phenoxy) is 1. The van der Waals surface area contributed by atoms with E-state index in [0.29, 0.717) is 83.7 Å². The molecule has 0 aromatic rings. The molecule has 25 nitrogen and oxygen atoms in total. The predicted octanol–water partition coefficient (Wildman–Crippen LogP) is 6.88. The highest BCUT2D eigenvalue weighted by Gasteiger charge is 2.58. The average molecular weight is 1520 g/mol. The lowest BCUT2D eigenvalue weighted by Gasteiger charge is -2.54. The van der Waals surface area contributed by atoms with E-state index in [1.165, 1.54) is 52.7 Å². The average Bonchev–Trinajstić information content (AvgIpc) is 0.776. The largest absolute Gasteiger partial charge is 0.377 e. The first-order chi connectivity index (χ1) is 50.4. The Morgan fingerprint density at radius 3 is 1.99 bits per heavy atom. The van der Waals surface area contributed by atoms with E-state index in [1.54, 1.807) is 28.8 Å². The van der Waals surface area contributed by atoms with Crippen molar-refractivity contribution in [1.29, 1.82) is 0 Å². The molecule has 5 N–H and O–H groups in total. The number of aliphatic hydroxyl groups is 1. The van der Waals surface area contributed by atoms with Gasteiger partial charge in [0, 0.05) is 79.8 Å². The smallest absolute Gasteiger partial charge is 0.248 e. The molecule has 0 aromatic heterocycles. The second-order valence-corrected chi connectivity index (χ2v) is 34.4. The van der Waals surface area contributed by atoms with Crippen LogP contribution in [-0.4, -0.2) is 268 Å². The monoisotopic (exact) mass is 1520 g/mol. The fourth-order valence-corrected chi connectivity index (χ4v) is 18.8. The van der Waals surface area contributed by atoms with Crippen molar-refractivity contribution < 1.29 is 62.6 Å². The molecule has 106 heavy (non-hydrogen) atoms. The Morgan fingerprint density at radius 2 is 1.33 bits per heavy atom. The van der Waals surface area contributed by atoms with Crippen molar-refractivity contribution in [3.8, 4) is 0 Å². The molecule has 0 radical (unpaired) electrons. The lowest BCUT2D eigenvalue weighted by Crippen LogP contribution is -2.70. The van der Waals surface area contributed by atoms with Crippen molar-refractivity contribution in [2.75, 3.05) is 88.2 Å². The number of likely N-dealkylation sites (tertiary alicyclic amines) is 1. The Hall–Kier alpha value is -5.89. The van der Waals surface area contributed by atoms with Gasteiger partial charge in [0.15, 0.2) is 0 Å². The van der Waals surface area contributed by atoms with Gasteiger partial charge in [-0.15, -0.1) is 23.2 Å². The number of alkyl halides is 2. The summed E-state index contributed by atoms with van der Waals surface area (Å²) in [5.74, 6) is -5.96. The minimum atomic E-state index is -1.49. The number of likely N-dealkylation sites (N-methyl/N-ethyl adjacent to an activating group) is 6. The molecule has 1 spiro atoms. The van der Waals surface area contributed by atoms with Crippen LogP contribution in [-0.2, 0) is 57.5 Å². The van der Waals surface area contributed by atoms with Gasteiger partial charge >= 0.3 is 0 Å². The highest BCUT2D eigenvalue weighted by Crippen LogP contribution is 2.50. The van der Waals surface area contributed by atoms with Crippen molar-refractivity contribution in [3.63, 3.8) is 0 Å². The van der Waals surface area contributed by atoms with Crippen LogP contribution in [0.4, 0.5) is 0 Å². The lowest BCUT2D eigenvalue weighted by molar-refractivity contribution is -0.164. The van der Waals surface area contributed by atoms with Crippen LogP contribution in [0.3, 0.4) is 0 Å². The summed E-state index contributed by atoms with van der Waals surface area (Å²) in [5.41, 5.74) is -1.73. The summed E-state index contributed by atoms with van der Waals surface area (Å²) in [5, 5.41) is 24.8. The molecule has 0 aromatic carbocycles. The van der Waals surface area contributed by atoms with E-state index in [2.05, 4.69) is 33.4 Å². The predicted molar refractivity (Wildman–Crippen MR) is 407 cm³/mol. The van der Waals surface area contributed by atoms with Gasteiger partial charge < -0.3 is 65.4 Å². The maximum atomic E-state index is 15.6. The minimum Gasteiger partial charge on any atom is -0.377 e. The SMILES string of the molecule is CCO[C@@H]1CCC(=O)NC2(CC(C)(C)C2)C(=O)N(C)[C@@H](C2CCCC2)C(O)N(C)[C@H](C(=O)N2CCCCC2)CC(=O)N(C)[C@H]2CCC/C=C/C3CCC(CC3)C[C@@H](C(=O)N(C)CC(=O)N[C@@H](CCC3CCC(Cl)C(Cl)C3)C(=O)NC1)N1CC/C=C\C[C@@H](C1=O)N(C)C(=O)CN(C)C(=O)[C@H]([C@@H](C)CC)NC2=O. The van der Waals surface area contributed by atoms with Crippen LogP contribution in [0.1, 0.15) is 214 Å². The Balaban J connectivity index is 1.20. The molecule has 27 heteroatoms. The van der Waals surface area contributed by atoms with Gasteiger partial charge in [0.1, 0.15) is 42.0 Å². The van der Waals surface area contributed by atoms with Crippen molar-refractivity contribution in [3.05, 3.63) is 24.3 Å². The van der Waals surface area contributed by atoms with Gasteiger partial charge in [0.2, 0.25) is 65.0 Å². The molecule has 10 rings (SSSR count). The molecule has 11 amide bonds. The molecule has 1 saturated heterocycles. The summed E-state index contributed by atoms with van der Waals surface area (Å²) in [6.45, 7) is 9.84. The fourth-order valence-electron chi connectivity index (χ4n) is 18.2. The fraction of sp³-hybridized carbons (Fsp3) is 0.810. The number of piperidine rings is 1. The summed E-state index contributed by atoms with van der Waals surface area (Å²) < 4.78 is 6.17. The number of hydrogen-bond donors (Lipinski definition) is 5. The Bertz CT molecular complexity index is 3090. The summed E-state index contributed by atoms with van der Waals surface area (Å²) in [6.07, 6.45) is 19.8. The molecule has 13 atom stereocenters. The Morgan fingerprint density at radius 1 is 0.651 bits per heavy atom. The number of allylic oxidation sites excluding steroid dienone is 2. The van der Waals surface area contributed by atoms with E-state index in [0.717, 1.165) is 64.2 Å². The zero-order chi connectivity index (χ0) is 77.3. The first-order valence-corrected chi connectivity index (χ1v) is 40.9. The van der Waals surface area contributed by atoms with Crippen molar-refractivity contribution in [2.45, 2.75) is 285 Å². The zero-order valence-corrected chi connectivity index (χ0v) is 67.0. The summed E-state index contributed by atoms with van der Waals surface area (Å²) in [4.78, 5) is 178. The number of hydrogen-bond acceptors (Lipinski definition) is 14. The quantitative estimate of drug-likeness (QED) is 0.0894. The van der Waals surface area contributed by atoms with E-state index in [9.17, 15) is 29.1 Å². The van der Waals surface area contributed by atoms with Crippen molar-refractivity contribution >= 4 is 88.2 Å². The van der Waals surface area contributed by atoms with Gasteiger partial charge in [-0.1, -0.05) is 71.3 Å². The van der Waals surface area contributed by atoms with E-state index in [-0.39, 0.29) is 104 Å². The summed E-state index contributed by atoms with van der Waals surface area (Å²) in [7, 11) is 9.27. The highest BCUT2D eigenvalue weighted by molar-refractivity contribution is 6.30. The molecular weight excluding hydrogens is 1400 g/mol.